The predicted molar refractivity (Wildman–Crippen MR) is 67.4 cm³/mol. The van der Waals surface area contributed by atoms with E-state index in [1.165, 1.54) is 25.0 Å². The zero-order valence-corrected chi connectivity index (χ0v) is 10.0. The number of anilines is 1. The van der Waals surface area contributed by atoms with Gasteiger partial charge in [0.05, 0.1) is 0 Å². The van der Waals surface area contributed by atoms with Crippen LogP contribution in [0.4, 0.5) is 10.1 Å². The second kappa shape index (κ2) is 6.01. The number of hydrogen-bond acceptors (Lipinski definition) is 2. The molecule has 0 aromatic heterocycles. The van der Waals surface area contributed by atoms with Crippen molar-refractivity contribution in [2.75, 3.05) is 18.5 Å². The van der Waals surface area contributed by atoms with Crippen LogP contribution in [-0.2, 0) is 0 Å². The molecular formula is C14H20FNO. The molecule has 2 unspecified atom stereocenters. The third-order valence-electron chi connectivity index (χ3n) is 3.69. The summed E-state index contributed by atoms with van der Waals surface area (Å²) in [4.78, 5) is 0. The monoisotopic (exact) mass is 237 g/mol. The number of hydrogen-bond donors (Lipinski definition) is 2. The zero-order chi connectivity index (χ0) is 12.1. The first-order valence-electron chi connectivity index (χ1n) is 6.40. The number of rotatable bonds is 4. The molecule has 1 aliphatic carbocycles. The fraction of sp³-hybridized carbons (Fsp3) is 0.571. The van der Waals surface area contributed by atoms with Gasteiger partial charge in [0, 0.05) is 18.8 Å². The standard InChI is InChI=1S/C14H20FNO/c15-13-6-3-7-14(8-13)16-9-11-4-1-2-5-12(11)10-17/h3,6-8,11-12,16-17H,1-2,4-5,9-10H2. The van der Waals surface area contributed by atoms with E-state index in [2.05, 4.69) is 5.32 Å². The maximum absolute atomic E-state index is 13.0. The molecule has 17 heavy (non-hydrogen) atoms. The van der Waals surface area contributed by atoms with E-state index in [0.29, 0.717) is 11.8 Å². The molecule has 1 saturated carbocycles. The first kappa shape index (κ1) is 12.4. The Kier molecular flexibility index (Phi) is 4.37. The molecule has 0 saturated heterocycles. The number of benzene rings is 1. The highest BCUT2D eigenvalue weighted by Gasteiger charge is 2.23. The van der Waals surface area contributed by atoms with Gasteiger partial charge in [-0.3, -0.25) is 0 Å². The third kappa shape index (κ3) is 3.43. The lowest BCUT2D eigenvalue weighted by atomic mass is 9.79. The molecule has 94 valence electrons. The van der Waals surface area contributed by atoms with Crippen LogP contribution >= 0.6 is 0 Å². The van der Waals surface area contributed by atoms with Crippen LogP contribution in [0.15, 0.2) is 24.3 Å². The second-order valence-electron chi connectivity index (χ2n) is 4.88. The third-order valence-corrected chi connectivity index (χ3v) is 3.69. The maximum atomic E-state index is 13.0. The van der Waals surface area contributed by atoms with E-state index in [9.17, 15) is 9.50 Å². The van der Waals surface area contributed by atoms with Crippen molar-refractivity contribution in [2.24, 2.45) is 11.8 Å². The Balaban J connectivity index is 1.88. The number of aliphatic hydroxyl groups is 1. The summed E-state index contributed by atoms with van der Waals surface area (Å²) in [7, 11) is 0. The highest BCUT2D eigenvalue weighted by molar-refractivity contribution is 5.43. The molecule has 3 heteroatoms. The van der Waals surface area contributed by atoms with Crippen molar-refractivity contribution in [1.29, 1.82) is 0 Å². The Morgan fingerprint density at radius 2 is 2.00 bits per heavy atom. The molecule has 1 aromatic rings. The van der Waals surface area contributed by atoms with E-state index in [1.807, 2.05) is 6.07 Å². The van der Waals surface area contributed by atoms with Gasteiger partial charge in [0.25, 0.3) is 0 Å². The van der Waals surface area contributed by atoms with Crippen LogP contribution in [0.25, 0.3) is 0 Å². The molecule has 0 aliphatic heterocycles. The summed E-state index contributed by atoms with van der Waals surface area (Å²) >= 11 is 0. The van der Waals surface area contributed by atoms with Gasteiger partial charge in [-0.1, -0.05) is 18.9 Å². The largest absolute Gasteiger partial charge is 0.396 e. The quantitative estimate of drug-likeness (QED) is 0.843. The van der Waals surface area contributed by atoms with Crippen molar-refractivity contribution in [3.8, 4) is 0 Å². The molecule has 0 radical (unpaired) electrons. The van der Waals surface area contributed by atoms with Crippen molar-refractivity contribution in [1.82, 2.24) is 0 Å². The summed E-state index contributed by atoms with van der Waals surface area (Å²) in [5.41, 5.74) is 0.826. The number of aliphatic hydroxyl groups excluding tert-OH is 1. The molecule has 0 heterocycles. The minimum atomic E-state index is -0.211. The first-order valence-corrected chi connectivity index (χ1v) is 6.40. The topological polar surface area (TPSA) is 32.3 Å². The number of halogens is 1. The van der Waals surface area contributed by atoms with Gasteiger partial charge >= 0.3 is 0 Å². The van der Waals surface area contributed by atoms with Crippen LogP contribution in [0.1, 0.15) is 25.7 Å². The Labute approximate surface area is 102 Å². The van der Waals surface area contributed by atoms with Crippen molar-refractivity contribution in [3.63, 3.8) is 0 Å². The highest BCUT2D eigenvalue weighted by atomic mass is 19.1. The second-order valence-corrected chi connectivity index (χ2v) is 4.88. The van der Waals surface area contributed by atoms with Crippen LogP contribution in [0.5, 0.6) is 0 Å². The van der Waals surface area contributed by atoms with Crippen molar-refractivity contribution < 1.29 is 9.50 Å². The number of nitrogens with one attached hydrogen (secondary N) is 1. The highest BCUT2D eigenvalue weighted by Crippen LogP contribution is 2.29. The minimum Gasteiger partial charge on any atom is -0.396 e. The lowest BCUT2D eigenvalue weighted by Crippen LogP contribution is -2.28. The van der Waals surface area contributed by atoms with Crippen molar-refractivity contribution >= 4 is 5.69 Å². The lowest BCUT2D eigenvalue weighted by molar-refractivity contribution is 0.141. The van der Waals surface area contributed by atoms with E-state index >= 15 is 0 Å². The Morgan fingerprint density at radius 3 is 2.71 bits per heavy atom. The molecule has 1 fully saturated rings. The van der Waals surface area contributed by atoms with Crippen LogP contribution in [-0.4, -0.2) is 18.3 Å². The average molecular weight is 237 g/mol. The van der Waals surface area contributed by atoms with E-state index < -0.39 is 0 Å². The summed E-state index contributed by atoms with van der Waals surface area (Å²) in [5.74, 6) is 0.708. The van der Waals surface area contributed by atoms with Gasteiger partial charge in [-0.25, -0.2) is 4.39 Å². The van der Waals surface area contributed by atoms with Gasteiger partial charge in [0.2, 0.25) is 0 Å². The van der Waals surface area contributed by atoms with E-state index in [1.54, 1.807) is 6.07 Å². The van der Waals surface area contributed by atoms with Gasteiger partial charge in [0.1, 0.15) is 5.82 Å². The molecular weight excluding hydrogens is 217 g/mol. The van der Waals surface area contributed by atoms with Crippen LogP contribution in [0, 0.1) is 17.7 Å². The first-order chi connectivity index (χ1) is 8.29. The van der Waals surface area contributed by atoms with Crippen LogP contribution in [0.2, 0.25) is 0 Å². The summed E-state index contributed by atoms with van der Waals surface area (Å²) in [5, 5.41) is 12.6. The Morgan fingerprint density at radius 1 is 1.24 bits per heavy atom. The molecule has 2 atom stereocenters. The fourth-order valence-corrected chi connectivity index (χ4v) is 2.64. The van der Waals surface area contributed by atoms with Gasteiger partial charge in [-0.15, -0.1) is 0 Å². The minimum absolute atomic E-state index is 0.211. The molecule has 0 amide bonds. The zero-order valence-electron chi connectivity index (χ0n) is 10.0. The molecule has 0 bridgehead atoms. The summed E-state index contributed by atoms with van der Waals surface area (Å²) in [6, 6.07) is 6.54. The smallest absolute Gasteiger partial charge is 0.125 e. The SMILES string of the molecule is OCC1CCCCC1CNc1cccc(F)c1. The van der Waals surface area contributed by atoms with Gasteiger partial charge in [-0.2, -0.15) is 0 Å². The van der Waals surface area contributed by atoms with Gasteiger partial charge in [0.15, 0.2) is 0 Å². The average Bonchev–Trinajstić information content (AvgIpc) is 2.37. The predicted octanol–water partition coefficient (Wildman–Crippen LogP) is 3.04. The molecule has 0 spiro atoms. The van der Waals surface area contributed by atoms with Crippen LogP contribution in [0.3, 0.4) is 0 Å². The molecule has 2 rings (SSSR count). The van der Waals surface area contributed by atoms with Crippen molar-refractivity contribution in [2.45, 2.75) is 25.7 Å². The molecule has 1 aromatic carbocycles. The summed E-state index contributed by atoms with van der Waals surface area (Å²) < 4.78 is 13.0. The van der Waals surface area contributed by atoms with Gasteiger partial charge < -0.3 is 10.4 Å². The van der Waals surface area contributed by atoms with E-state index in [-0.39, 0.29) is 12.4 Å². The summed E-state index contributed by atoms with van der Waals surface area (Å²) in [6.45, 7) is 1.10. The summed E-state index contributed by atoms with van der Waals surface area (Å²) in [6.07, 6.45) is 4.74. The molecule has 1 aliphatic rings. The molecule has 2 nitrogen and oxygen atoms in total. The van der Waals surface area contributed by atoms with Gasteiger partial charge in [-0.05, 0) is 42.9 Å². The maximum Gasteiger partial charge on any atom is 0.125 e. The Bertz CT molecular complexity index is 356. The van der Waals surface area contributed by atoms with E-state index in [4.69, 9.17) is 0 Å². The van der Waals surface area contributed by atoms with Crippen molar-refractivity contribution in [3.05, 3.63) is 30.1 Å². The fourth-order valence-electron chi connectivity index (χ4n) is 2.64. The molecule has 2 N–H and O–H groups in total. The normalized spacial score (nSPS) is 24.6. The van der Waals surface area contributed by atoms with Crippen LogP contribution < -0.4 is 5.32 Å². The van der Waals surface area contributed by atoms with E-state index in [0.717, 1.165) is 25.1 Å². The Hall–Kier alpha value is -1.09. The lowest BCUT2D eigenvalue weighted by Gasteiger charge is -2.30.